The molecule has 0 amide bonds. The Kier molecular flexibility index (Phi) is 2.68. The Morgan fingerprint density at radius 1 is 1.26 bits per heavy atom. The van der Waals surface area contributed by atoms with Gasteiger partial charge in [0.05, 0.1) is 11.2 Å². The lowest BCUT2D eigenvalue weighted by Crippen LogP contribution is -1.87. The Bertz CT molecular complexity index is 780. The van der Waals surface area contributed by atoms with Crippen molar-refractivity contribution in [1.82, 2.24) is 9.97 Å². The predicted octanol–water partition coefficient (Wildman–Crippen LogP) is 3.91. The van der Waals surface area contributed by atoms with Gasteiger partial charge in [0.15, 0.2) is 0 Å². The molecule has 3 N–H and O–H groups in total. The third-order valence-electron chi connectivity index (χ3n) is 3.03. The van der Waals surface area contributed by atoms with Crippen molar-refractivity contribution in [2.24, 2.45) is 0 Å². The SMILES string of the molecule is Cc1ccc(-c2nc3c(N)cc(Cl)cc3[nH]2)cc1F. The summed E-state index contributed by atoms with van der Waals surface area (Å²) in [7, 11) is 0. The molecule has 0 fully saturated rings. The number of aryl methyl sites for hydroxylation is 1. The highest BCUT2D eigenvalue weighted by Crippen LogP contribution is 2.28. The highest BCUT2D eigenvalue weighted by molar-refractivity contribution is 6.31. The number of nitrogens with one attached hydrogen (secondary N) is 1. The molecule has 96 valence electrons. The summed E-state index contributed by atoms with van der Waals surface area (Å²) in [5.41, 5.74) is 9.01. The lowest BCUT2D eigenvalue weighted by Gasteiger charge is -1.99. The molecule has 0 bridgehead atoms. The van der Waals surface area contributed by atoms with E-state index in [-0.39, 0.29) is 5.82 Å². The van der Waals surface area contributed by atoms with Crippen LogP contribution >= 0.6 is 11.6 Å². The quantitative estimate of drug-likeness (QED) is 0.662. The van der Waals surface area contributed by atoms with Gasteiger partial charge in [-0.3, -0.25) is 0 Å². The molecule has 0 aliphatic heterocycles. The summed E-state index contributed by atoms with van der Waals surface area (Å²) in [5, 5.41) is 0.537. The fraction of sp³-hybridized carbons (Fsp3) is 0.0714. The van der Waals surface area contributed by atoms with E-state index >= 15 is 0 Å². The summed E-state index contributed by atoms with van der Waals surface area (Å²) in [4.78, 5) is 7.49. The van der Waals surface area contributed by atoms with Crippen molar-refractivity contribution in [2.75, 3.05) is 5.73 Å². The van der Waals surface area contributed by atoms with Gasteiger partial charge >= 0.3 is 0 Å². The number of hydrogen-bond acceptors (Lipinski definition) is 2. The number of rotatable bonds is 1. The number of aromatic amines is 1. The van der Waals surface area contributed by atoms with Gasteiger partial charge in [0.1, 0.15) is 17.2 Å². The normalized spacial score (nSPS) is 11.1. The van der Waals surface area contributed by atoms with E-state index in [1.165, 1.54) is 6.07 Å². The molecule has 0 saturated carbocycles. The first kappa shape index (κ1) is 12.0. The highest BCUT2D eigenvalue weighted by Gasteiger charge is 2.10. The van der Waals surface area contributed by atoms with E-state index in [9.17, 15) is 4.39 Å². The van der Waals surface area contributed by atoms with Crippen LogP contribution in [0.3, 0.4) is 0 Å². The average Bonchev–Trinajstić information content (AvgIpc) is 2.76. The lowest BCUT2D eigenvalue weighted by molar-refractivity contribution is 0.619. The van der Waals surface area contributed by atoms with Crippen molar-refractivity contribution in [2.45, 2.75) is 6.92 Å². The third kappa shape index (κ3) is 2.04. The molecule has 0 aliphatic rings. The number of aromatic nitrogens is 2. The zero-order chi connectivity index (χ0) is 13.6. The van der Waals surface area contributed by atoms with Crippen LogP contribution in [0.1, 0.15) is 5.56 Å². The Labute approximate surface area is 114 Å². The van der Waals surface area contributed by atoms with Crippen LogP contribution in [0, 0.1) is 12.7 Å². The van der Waals surface area contributed by atoms with E-state index < -0.39 is 0 Å². The van der Waals surface area contributed by atoms with Crippen molar-refractivity contribution in [1.29, 1.82) is 0 Å². The second kappa shape index (κ2) is 4.24. The van der Waals surface area contributed by atoms with Crippen LogP contribution in [0.15, 0.2) is 30.3 Å². The molecule has 5 heteroatoms. The predicted molar refractivity (Wildman–Crippen MR) is 75.6 cm³/mol. The Morgan fingerprint density at radius 3 is 2.79 bits per heavy atom. The van der Waals surface area contributed by atoms with Crippen LogP contribution < -0.4 is 5.73 Å². The number of nitrogens with zero attached hydrogens (tertiary/aromatic N) is 1. The molecule has 19 heavy (non-hydrogen) atoms. The summed E-state index contributed by atoms with van der Waals surface area (Å²) >= 11 is 5.94. The Morgan fingerprint density at radius 2 is 2.05 bits per heavy atom. The molecule has 0 saturated heterocycles. The fourth-order valence-electron chi connectivity index (χ4n) is 1.98. The van der Waals surface area contributed by atoms with Crippen LogP contribution in [0.4, 0.5) is 10.1 Å². The van der Waals surface area contributed by atoms with Gasteiger partial charge in [0.25, 0.3) is 0 Å². The number of imidazole rings is 1. The van der Waals surface area contributed by atoms with E-state index in [1.54, 1.807) is 25.1 Å². The van der Waals surface area contributed by atoms with E-state index in [4.69, 9.17) is 17.3 Å². The van der Waals surface area contributed by atoms with E-state index in [1.807, 2.05) is 6.07 Å². The van der Waals surface area contributed by atoms with E-state index in [2.05, 4.69) is 9.97 Å². The van der Waals surface area contributed by atoms with E-state index in [0.717, 1.165) is 5.52 Å². The maximum atomic E-state index is 13.6. The maximum Gasteiger partial charge on any atom is 0.138 e. The van der Waals surface area contributed by atoms with Crippen molar-refractivity contribution in [3.8, 4) is 11.4 Å². The number of H-pyrrole nitrogens is 1. The average molecular weight is 276 g/mol. The molecule has 0 unspecified atom stereocenters. The van der Waals surface area contributed by atoms with Crippen LogP contribution in [-0.4, -0.2) is 9.97 Å². The number of nitrogen functional groups attached to an aromatic ring is 1. The molecule has 0 radical (unpaired) electrons. The minimum atomic E-state index is -0.260. The van der Waals surface area contributed by atoms with Crippen molar-refractivity contribution in [3.63, 3.8) is 0 Å². The molecule has 1 heterocycles. The monoisotopic (exact) mass is 275 g/mol. The summed E-state index contributed by atoms with van der Waals surface area (Å²) in [5.74, 6) is 0.312. The maximum absolute atomic E-state index is 13.6. The standard InChI is InChI=1S/C14H11ClFN3/c1-7-2-3-8(4-10(7)16)14-18-12-6-9(15)5-11(17)13(12)19-14/h2-6H,17H2,1H3,(H,18,19). The number of nitrogens with two attached hydrogens (primary N) is 1. The van der Waals surface area contributed by atoms with E-state index in [0.29, 0.717) is 33.2 Å². The van der Waals surface area contributed by atoms with Crippen LogP contribution in [0.25, 0.3) is 22.4 Å². The summed E-state index contributed by atoms with van der Waals surface area (Å²) < 4.78 is 13.6. The van der Waals surface area contributed by atoms with Crippen LogP contribution in [-0.2, 0) is 0 Å². The Balaban J connectivity index is 2.20. The molecule has 1 aromatic heterocycles. The molecule has 0 aliphatic carbocycles. The molecular weight excluding hydrogens is 265 g/mol. The third-order valence-corrected chi connectivity index (χ3v) is 3.24. The number of benzene rings is 2. The first-order valence-electron chi connectivity index (χ1n) is 5.76. The van der Waals surface area contributed by atoms with Gasteiger partial charge in [0, 0.05) is 10.6 Å². The summed E-state index contributed by atoms with van der Waals surface area (Å²) in [6, 6.07) is 8.37. The van der Waals surface area contributed by atoms with Gasteiger partial charge in [-0.15, -0.1) is 0 Å². The van der Waals surface area contributed by atoms with Crippen molar-refractivity contribution in [3.05, 3.63) is 46.7 Å². The second-order valence-electron chi connectivity index (χ2n) is 4.44. The Hall–Kier alpha value is -2.07. The molecule has 3 aromatic rings. The number of fused-ring (bicyclic) bond motifs is 1. The summed E-state index contributed by atoms with van der Waals surface area (Å²) in [6.07, 6.45) is 0. The highest BCUT2D eigenvalue weighted by atomic mass is 35.5. The van der Waals surface area contributed by atoms with Crippen LogP contribution in [0.2, 0.25) is 5.02 Å². The molecule has 0 atom stereocenters. The first-order valence-corrected chi connectivity index (χ1v) is 6.13. The topological polar surface area (TPSA) is 54.7 Å². The van der Waals surface area contributed by atoms with Crippen molar-refractivity contribution < 1.29 is 4.39 Å². The molecule has 3 nitrogen and oxygen atoms in total. The zero-order valence-corrected chi connectivity index (χ0v) is 10.9. The van der Waals surface area contributed by atoms with Gasteiger partial charge in [-0.05, 0) is 30.7 Å². The second-order valence-corrected chi connectivity index (χ2v) is 4.88. The number of anilines is 1. The lowest BCUT2D eigenvalue weighted by atomic mass is 10.1. The fourth-order valence-corrected chi connectivity index (χ4v) is 2.21. The molecular formula is C14H11ClFN3. The van der Waals surface area contributed by atoms with Gasteiger partial charge in [-0.25, -0.2) is 9.37 Å². The number of halogens is 2. The smallest absolute Gasteiger partial charge is 0.138 e. The first-order chi connectivity index (χ1) is 9.04. The minimum Gasteiger partial charge on any atom is -0.397 e. The van der Waals surface area contributed by atoms with Gasteiger partial charge in [-0.1, -0.05) is 23.7 Å². The van der Waals surface area contributed by atoms with Crippen molar-refractivity contribution >= 4 is 28.3 Å². The van der Waals surface area contributed by atoms with Gasteiger partial charge in [-0.2, -0.15) is 0 Å². The van der Waals surface area contributed by atoms with Gasteiger partial charge in [0.2, 0.25) is 0 Å². The molecule has 2 aromatic carbocycles. The van der Waals surface area contributed by atoms with Gasteiger partial charge < -0.3 is 10.7 Å². The van der Waals surface area contributed by atoms with Crippen LogP contribution in [0.5, 0.6) is 0 Å². The largest absolute Gasteiger partial charge is 0.397 e. The zero-order valence-electron chi connectivity index (χ0n) is 10.2. The number of hydrogen-bond donors (Lipinski definition) is 2. The molecule has 3 rings (SSSR count). The molecule has 0 spiro atoms. The minimum absolute atomic E-state index is 0.260. The summed E-state index contributed by atoms with van der Waals surface area (Å²) in [6.45, 7) is 1.72.